The van der Waals surface area contributed by atoms with E-state index in [-0.39, 0.29) is 16.8 Å². The fourth-order valence-electron chi connectivity index (χ4n) is 1.73. The molecular weight excluding hydrogens is 194 g/mol. The molecule has 0 radical (unpaired) electrons. The molecule has 0 aliphatic rings. The molecule has 1 aromatic carbocycles. The van der Waals surface area contributed by atoms with Gasteiger partial charge >= 0.3 is 0 Å². The van der Waals surface area contributed by atoms with E-state index in [1.165, 1.54) is 0 Å². The smallest absolute Gasteiger partial charge is 0.277 e. The molecule has 3 N–H and O–H groups in total. The Bertz CT molecular complexity index is 711. The summed E-state index contributed by atoms with van der Waals surface area (Å²) in [5.74, 6) is -0.244. The van der Waals surface area contributed by atoms with Gasteiger partial charge in [0.2, 0.25) is 5.88 Å². The molecule has 2 heterocycles. The van der Waals surface area contributed by atoms with Crippen LogP contribution in [0.15, 0.2) is 29.1 Å². The van der Waals surface area contributed by atoms with Crippen LogP contribution in [0.1, 0.15) is 0 Å². The highest BCUT2D eigenvalue weighted by Gasteiger charge is 2.11. The molecule has 3 rings (SSSR count). The van der Waals surface area contributed by atoms with Gasteiger partial charge in [0.25, 0.3) is 5.56 Å². The van der Waals surface area contributed by atoms with Crippen LogP contribution in [0.4, 0.5) is 0 Å². The lowest BCUT2D eigenvalue weighted by atomic mass is 10.1. The summed E-state index contributed by atoms with van der Waals surface area (Å²) in [4.78, 5) is 15.3. The van der Waals surface area contributed by atoms with E-state index in [0.29, 0.717) is 11.0 Å². The van der Waals surface area contributed by atoms with E-state index in [0.717, 1.165) is 5.39 Å². The molecule has 0 amide bonds. The first-order chi connectivity index (χ1) is 7.27. The molecule has 0 aliphatic heterocycles. The normalized spacial score (nSPS) is 11.2. The third-order valence-corrected chi connectivity index (χ3v) is 2.40. The minimum Gasteiger partial charge on any atom is -0.493 e. The number of aromatic amines is 2. The number of pyridine rings is 1. The third kappa shape index (κ3) is 0.969. The number of para-hydroxylation sites is 1. The van der Waals surface area contributed by atoms with Gasteiger partial charge in [0.1, 0.15) is 5.39 Å². The molecule has 0 saturated carbocycles. The molecule has 0 saturated heterocycles. The molecule has 2 aromatic heterocycles. The highest BCUT2D eigenvalue weighted by atomic mass is 16.3. The van der Waals surface area contributed by atoms with Crippen LogP contribution >= 0.6 is 0 Å². The van der Waals surface area contributed by atoms with Crippen molar-refractivity contribution in [3.8, 4) is 5.88 Å². The van der Waals surface area contributed by atoms with Crippen LogP contribution in [0.25, 0.3) is 21.8 Å². The molecule has 0 unspecified atom stereocenters. The Labute approximate surface area is 83.4 Å². The summed E-state index contributed by atoms with van der Waals surface area (Å²) < 4.78 is 0. The zero-order chi connectivity index (χ0) is 10.4. The van der Waals surface area contributed by atoms with Crippen LogP contribution in [0.3, 0.4) is 0 Å². The van der Waals surface area contributed by atoms with Gasteiger partial charge in [-0.25, -0.2) is 4.98 Å². The van der Waals surface area contributed by atoms with Gasteiger partial charge in [-0.05, 0) is 6.07 Å². The molecule has 5 heteroatoms. The van der Waals surface area contributed by atoms with E-state index in [4.69, 9.17) is 0 Å². The van der Waals surface area contributed by atoms with Gasteiger partial charge in [0, 0.05) is 5.39 Å². The highest BCUT2D eigenvalue weighted by Crippen LogP contribution is 2.25. The lowest BCUT2D eigenvalue weighted by Crippen LogP contribution is -1.98. The van der Waals surface area contributed by atoms with E-state index < -0.39 is 0 Å². The van der Waals surface area contributed by atoms with Gasteiger partial charge in [-0.3, -0.25) is 15.0 Å². The van der Waals surface area contributed by atoms with Crippen molar-refractivity contribution < 1.29 is 5.11 Å². The number of hydrogen-bond acceptors (Lipinski definition) is 3. The Kier molecular flexibility index (Phi) is 1.39. The summed E-state index contributed by atoms with van der Waals surface area (Å²) in [5, 5.41) is 15.8. The van der Waals surface area contributed by atoms with Crippen molar-refractivity contribution >= 4 is 21.8 Å². The summed E-state index contributed by atoms with van der Waals surface area (Å²) in [6, 6.07) is 7.30. The first kappa shape index (κ1) is 8.05. The maximum Gasteiger partial charge on any atom is 0.277 e. The summed E-state index contributed by atoms with van der Waals surface area (Å²) in [6.07, 6.45) is 0. The van der Waals surface area contributed by atoms with Crippen molar-refractivity contribution in [1.29, 1.82) is 0 Å². The summed E-state index contributed by atoms with van der Waals surface area (Å²) in [6.45, 7) is 0. The number of H-pyrrole nitrogens is 2. The SMILES string of the molecule is O=c1[nH][nH]c2c1c(O)nc1ccccc12. The maximum absolute atomic E-state index is 11.4. The van der Waals surface area contributed by atoms with Gasteiger partial charge in [-0.15, -0.1) is 0 Å². The predicted octanol–water partition coefficient (Wildman–Crippen LogP) is 1.11. The van der Waals surface area contributed by atoms with Crippen molar-refractivity contribution in [2.24, 2.45) is 0 Å². The molecule has 0 atom stereocenters. The summed E-state index contributed by atoms with van der Waals surface area (Å²) >= 11 is 0. The predicted molar refractivity (Wildman–Crippen MR) is 55.9 cm³/mol. The third-order valence-electron chi connectivity index (χ3n) is 2.40. The van der Waals surface area contributed by atoms with Crippen LogP contribution < -0.4 is 5.56 Å². The second kappa shape index (κ2) is 2.60. The Morgan fingerprint density at radius 1 is 1.20 bits per heavy atom. The largest absolute Gasteiger partial charge is 0.493 e. The number of nitrogens with one attached hydrogen (secondary N) is 2. The lowest BCUT2D eigenvalue weighted by Gasteiger charge is -1.98. The number of fused-ring (bicyclic) bond motifs is 3. The molecule has 0 bridgehead atoms. The van der Waals surface area contributed by atoms with Crippen LogP contribution in [0, 0.1) is 0 Å². The minimum atomic E-state index is -0.360. The van der Waals surface area contributed by atoms with Crippen molar-refractivity contribution in [2.75, 3.05) is 0 Å². The van der Waals surface area contributed by atoms with Gasteiger partial charge in [0.15, 0.2) is 0 Å². The average molecular weight is 201 g/mol. The Hall–Kier alpha value is -2.30. The Balaban J connectivity index is 2.71. The van der Waals surface area contributed by atoms with E-state index in [1.807, 2.05) is 18.2 Å². The van der Waals surface area contributed by atoms with Crippen LogP contribution in [-0.4, -0.2) is 20.3 Å². The molecule has 3 aromatic rings. The average Bonchev–Trinajstić information content (AvgIpc) is 2.62. The van der Waals surface area contributed by atoms with E-state index in [9.17, 15) is 9.90 Å². The van der Waals surface area contributed by atoms with Gasteiger partial charge < -0.3 is 5.11 Å². The standard InChI is InChI=1S/C10H7N3O2/c14-9-7-8(12-13-10(7)15)5-3-1-2-4-6(5)11-9/h1-4H,(H,11,14)(H2,12,13,15). The van der Waals surface area contributed by atoms with Crippen molar-refractivity contribution in [3.05, 3.63) is 34.6 Å². The first-order valence-electron chi connectivity index (χ1n) is 4.45. The Morgan fingerprint density at radius 2 is 2.00 bits per heavy atom. The molecule has 0 aliphatic carbocycles. The molecule has 15 heavy (non-hydrogen) atoms. The van der Waals surface area contributed by atoms with Gasteiger partial charge in [-0.1, -0.05) is 18.2 Å². The lowest BCUT2D eigenvalue weighted by molar-refractivity contribution is 0.462. The van der Waals surface area contributed by atoms with Crippen molar-refractivity contribution in [2.45, 2.75) is 0 Å². The fourth-order valence-corrected chi connectivity index (χ4v) is 1.73. The van der Waals surface area contributed by atoms with Crippen LogP contribution in [0.2, 0.25) is 0 Å². The number of nitrogens with zero attached hydrogens (tertiary/aromatic N) is 1. The minimum absolute atomic E-state index is 0.203. The maximum atomic E-state index is 11.4. The number of rotatable bonds is 0. The Morgan fingerprint density at radius 3 is 2.87 bits per heavy atom. The highest BCUT2D eigenvalue weighted by molar-refractivity contribution is 6.04. The number of aromatic nitrogens is 3. The van der Waals surface area contributed by atoms with Crippen molar-refractivity contribution in [1.82, 2.24) is 15.2 Å². The van der Waals surface area contributed by atoms with Gasteiger partial charge in [-0.2, -0.15) is 0 Å². The zero-order valence-corrected chi connectivity index (χ0v) is 7.61. The van der Waals surface area contributed by atoms with Crippen LogP contribution in [0.5, 0.6) is 5.88 Å². The molecule has 0 spiro atoms. The van der Waals surface area contributed by atoms with Crippen LogP contribution in [-0.2, 0) is 0 Å². The van der Waals surface area contributed by atoms with Crippen molar-refractivity contribution in [3.63, 3.8) is 0 Å². The first-order valence-corrected chi connectivity index (χ1v) is 4.45. The molecule has 74 valence electrons. The van der Waals surface area contributed by atoms with E-state index in [1.54, 1.807) is 6.07 Å². The number of hydrogen-bond donors (Lipinski definition) is 3. The molecule has 0 fully saturated rings. The number of aromatic hydroxyl groups is 1. The zero-order valence-electron chi connectivity index (χ0n) is 7.61. The quantitative estimate of drug-likeness (QED) is 0.509. The molecule has 5 nitrogen and oxygen atoms in total. The second-order valence-corrected chi connectivity index (χ2v) is 3.28. The topological polar surface area (TPSA) is 81.8 Å². The monoisotopic (exact) mass is 201 g/mol. The summed E-state index contributed by atoms with van der Waals surface area (Å²) in [7, 11) is 0. The number of benzene rings is 1. The van der Waals surface area contributed by atoms with E-state index in [2.05, 4.69) is 15.2 Å². The summed E-state index contributed by atoms with van der Waals surface area (Å²) in [5.41, 5.74) is 0.876. The van der Waals surface area contributed by atoms with E-state index >= 15 is 0 Å². The molecular formula is C10H7N3O2. The fraction of sp³-hybridized carbons (Fsp3) is 0. The second-order valence-electron chi connectivity index (χ2n) is 3.28. The van der Waals surface area contributed by atoms with Gasteiger partial charge in [0.05, 0.1) is 11.0 Å².